The van der Waals surface area contributed by atoms with Crippen LogP contribution in [-0.4, -0.2) is 22.0 Å². The third kappa shape index (κ3) is 4.33. The van der Waals surface area contributed by atoms with Crippen molar-refractivity contribution in [3.05, 3.63) is 76.5 Å². The summed E-state index contributed by atoms with van der Waals surface area (Å²) in [5.74, 6) is 1.35. The summed E-state index contributed by atoms with van der Waals surface area (Å²) in [7, 11) is 1.63. The largest absolute Gasteiger partial charge is 0.497 e. The van der Waals surface area contributed by atoms with Crippen LogP contribution in [0.25, 0.3) is 11.3 Å². The Morgan fingerprint density at radius 2 is 1.96 bits per heavy atom. The summed E-state index contributed by atoms with van der Waals surface area (Å²) in [4.78, 5) is 19.3. The van der Waals surface area contributed by atoms with Crippen LogP contribution in [0.1, 0.15) is 5.56 Å². The molecule has 1 aromatic heterocycles. The van der Waals surface area contributed by atoms with Gasteiger partial charge in [-0.25, -0.2) is 9.97 Å². The SMILES string of the molecule is COc1ccc(-c2ccnc(SCc3cccc([N+](=O)[O-])c3)n2)cc1. The number of nitrogens with zero attached hydrogens (tertiary/aromatic N) is 3. The number of methoxy groups -OCH3 is 1. The molecule has 0 unspecified atom stereocenters. The van der Waals surface area contributed by atoms with Gasteiger partial charge in [-0.1, -0.05) is 23.9 Å². The van der Waals surface area contributed by atoms with E-state index < -0.39 is 4.92 Å². The van der Waals surface area contributed by atoms with Gasteiger partial charge in [0.15, 0.2) is 5.16 Å². The zero-order valence-corrected chi connectivity index (χ0v) is 14.3. The lowest BCUT2D eigenvalue weighted by atomic mass is 10.1. The van der Waals surface area contributed by atoms with Crippen molar-refractivity contribution in [1.29, 1.82) is 0 Å². The number of hydrogen-bond donors (Lipinski definition) is 0. The molecule has 0 amide bonds. The molecule has 0 saturated heterocycles. The van der Waals surface area contributed by atoms with Crippen molar-refractivity contribution in [2.45, 2.75) is 10.9 Å². The first-order valence-electron chi connectivity index (χ1n) is 7.49. The molecular weight excluding hydrogens is 338 g/mol. The van der Waals surface area contributed by atoms with Gasteiger partial charge in [-0.05, 0) is 35.9 Å². The van der Waals surface area contributed by atoms with E-state index in [1.165, 1.54) is 17.8 Å². The van der Waals surface area contributed by atoms with E-state index in [9.17, 15) is 10.1 Å². The van der Waals surface area contributed by atoms with Crippen molar-refractivity contribution in [2.75, 3.05) is 7.11 Å². The maximum absolute atomic E-state index is 10.8. The number of aromatic nitrogens is 2. The number of nitro groups is 1. The average molecular weight is 353 g/mol. The summed E-state index contributed by atoms with van der Waals surface area (Å²) in [5, 5.41) is 11.5. The van der Waals surface area contributed by atoms with Crippen molar-refractivity contribution < 1.29 is 9.66 Å². The molecule has 0 aliphatic carbocycles. The summed E-state index contributed by atoms with van der Waals surface area (Å²) in [5.41, 5.74) is 2.74. The van der Waals surface area contributed by atoms with Crippen LogP contribution in [0.5, 0.6) is 5.75 Å². The molecule has 0 atom stereocenters. The topological polar surface area (TPSA) is 78.2 Å². The minimum absolute atomic E-state index is 0.0889. The van der Waals surface area contributed by atoms with Gasteiger partial charge in [0, 0.05) is 29.6 Å². The molecule has 0 saturated carbocycles. The normalized spacial score (nSPS) is 10.4. The Morgan fingerprint density at radius 1 is 1.16 bits per heavy atom. The summed E-state index contributed by atoms with van der Waals surface area (Å²) < 4.78 is 5.16. The Labute approximate surface area is 149 Å². The summed E-state index contributed by atoms with van der Waals surface area (Å²) in [6.07, 6.45) is 1.71. The Balaban J connectivity index is 1.73. The third-order valence-electron chi connectivity index (χ3n) is 3.51. The van der Waals surface area contributed by atoms with Gasteiger partial charge in [0.2, 0.25) is 0 Å². The van der Waals surface area contributed by atoms with Crippen molar-refractivity contribution in [1.82, 2.24) is 9.97 Å². The minimum atomic E-state index is -0.394. The molecular formula is C18H15N3O3S. The van der Waals surface area contributed by atoms with E-state index in [1.807, 2.05) is 36.4 Å². The maximum atomic E-state index is 10.8. The molecule has 25 heavy (non-hydrogen) atoms. The molecule has 7 heteroatoms. The van der Waals surface area contributed by atoms with Gasteiger partial charge in [-0.2, -0.15) is 0 Å². The van der Waals surface area contributed by atoms with Crippen molar-refractivity contribution in [2.24, 2.45) is 0 Å². The highest BCUT2D eigenvalue weighted by Crippen LogP contribution is 2.25. The van der Waals surface area contributed by atoms with Gasteiger partial charge in [-0.3, -0.25) is 10.1 Å². The van der Waals surface area contributed by atoms with Gasteiger partial charge in [0.25, 0.3) is 5.69 Å². The Kier molecular flexibility index (Phi) is 5.25. The maximum Gasteiger partial charge on any atom is 0.269 e. The summed E-state index contributed by atoms with van der Waals surface area (Å²) in [6.45, 7) is 0. The van der Waals surface area contributed by atoms with Crippen LogP contribution >= 0.6 is 11.8 Å². The van der Waals surface area contributed by atoms with Gasteiger partial charge in [0.05, 0.1) is 17.7 Å². The fraction of sp³-hybridized carbons (Fsp3) is 0.111. The number of nitro benzene ring substituents is 1. The van der Waals surface area contributed by atoms with Gasteiger partial charge >= 0.3 is 0 Å². The molecule has 0 spiro atoms. The van der Waals surface area contributed by atoms with E-state index in [-0.39, 0.29) is 5.69 Å². The zero-order valence-electron chi connectivity index (χ0n) is 13.5. The highest BCUT2D eigenvalue weighted by molar-refractivity contribution is 7.98. The van der Waals surface area contributed by atoms with E-state index in [4.69, 9.17) is 4.74 Å². The van der Waals surface area contributed by atoms with Gasteiger partial charge in [0.1, 0.15) is 5.75 Å². The number of hydrogen-bond acceptors (Lipinski definition) is 6. The van der Waals surface area contributed by atoms with Gasteiger partial charge < -0.3 is 4.74 Å². The van der Waals surface area contributed by atoms with E-state index in [2.05, 4.69) is 9.97 Å². The van der Waals surface area contributed by atoms with Crippen LogP contribution in [0.2, 0.25) is 0 Å². The molecule has 0 N–H and O–H groups in total. The average Bonchev–Trinajstić information content (AvgIpc) is 2.67. The molecule has 126 valence electrons. The first kappa shape index (κ1) is 16.9. The van der Waals surface area contributed by atoms with Crippen molar-refractivity contribution in [3.8, 4) is 17.0 Å². The van der Waals surface area contributed by atoms with E-state index >= 15 is 0 Å². The predicted molar refractivity (Wildman–Crippen MR) is 96.7 cm³/mol. The lowest BCUT2D eigenvalue weighted by Gasteiger charge is -2.05. The molecule has 3 rings (SSSR count). The van der Waals surface area contributed by atoms with Crippen LogP contribution < -0.4 is 4.74 Å². The number of non-ortho nitro benzene ring substituents is 1. The molecule has 0 fully saturated rings. The molecule has 0 radical (unpaired) electrons. The fourth-order valence-corrected chi connectivity index (χ4v) is 3.01. The van der Waals surface area contributed by atoms with Crippen molar-refractivity contribution >= 4 is 17.4 Å². The Morgan fingerprint density at radius 3 is 2.68 bits per heavy atom. The molecule has 0 aliphatic heterocycles. The standard InChI is InChI=1S/C18H15N3O3S/c1-24-16-7-5-14(6-8-16)17-9-10-19-18(20-17)25-12-13-3-2-4-15(11-13)21(22)23/h2-11H,12H2,1H3. The molecule has 0 bridgehead atoms. The highest BCUT2D eigenvalue weighted by Gasteiger charge is 2.08. The highest BCUT2D eigenvalue weighted by atomic mass is 32.2. The number of ether oxygens (including phenoxy) is 1. The van der Waals surface area contributed by atoms with Gasteiger partial charge in [-0.15, -0.1) is 0 Å². The molecule has 0 aliphatic rings. The summed E-state index contributed by atoms with van der Waals surface area (Å²) in [6, 6.07) is 16.1. The second-order valence-corrected chi connectivity index (χ2v) is 6.11. The van der Waals surface area contributed by atoms with Crippen LogP contribution in [-0.2, 0) is 5.75 Å². The van der Waals surface area contributed by atoms with E-state index in [1.54, 1.807) is 25.4 Å². The quantitative estimate of drug-likeness (QED) is 0.284. The lowest BCUT2D eigenvalue weighted by molar-refractivity contribution is -0.384. The van der Waals surface area contributed by atoms with Crippen LogP contribution in [0.4, 0.5) is 5.69 Å². The smallest absolute Gasteiger partial charge is 0.269 e. The fourth-order valence-electron chi connectivity index (χ4n) is 2.24. The Bertz CT molecular complexity index is 885. The number of rotatable bonds is 6. The summed E-state index contributed by atoms with van der Waals surface area (Å²) >= 11 is 1.44. The predicted octanol–water partition coefficient (Wildman–Crippen LogP) is 4.35. The Hall–Kier alpha value is -2.93. The zero-order chi connectivity index (χ0) is 17.6. The third-order valence-corrected chi connectivity index (χ3v) is 4.44. The minimum Gasteiger partial charge on any atom is -0.497 e. The first-order chi connectivity index (χ1) is 12.2. The van der Waals surface area contributed by atoms with Crippen molar-refractivity contribution in [3.63, 3.8) is 0 Å². The second-order valence-electron chi connectivity index (χ2n) is 5.17. The van der Waals surface area contributed by atoms with Crippen LogP contribution in [0.15, 0.2) is 66.0 Å². The van der Waals surface area contributed by atoms with E-state index in [0.29, 0.717) is 10.9 Å². The van der Waals surface area contributed by atoms with Crippen LogP contribution in [0.3, 0.4) is 0 Å². The first-order valence-corrected chi connectivity index (χ1v) is 8.48. The van der Waals surface area contributed by atoms with E-state index in [0.717, 1.165) is 22.6 Å². The lowest BCUT2D eigenvalue weighted by Crippen LogP contribution is -1.92. The number of benzene rings is 2. The molecule has 3 aromatic rings. The van der Waals surface area contributed by atoms with Crippen LogP contribution in [0, 0.1) is 10.1 Å². The number of thioether (sulfide) groups is 1. The monoisotopic (exact) mass is 353 g/mol. The molecule has 1 heterocycles. The molecule has 2 aromatic carbocycles. The second kappa shape index (κ2) is 7.76. The molecule has 6 nitrogen and oxygen atoms in total.